The molecular formula is C15H23F2N. The normalized spacial score (nSPS) is 14.5. The Kier molecular flexibility index (Phi) is 6.27. The van der Waals surface area contributed by atoms with Crippen LogP contribution in [0.15, 0.2) is 18.2 Å². The molecule has 0 aromatic heterocycles. The molecule has 102 valence electrons. The van der Waals surface area contributed by atoms with Crippen LogP contribution in [-0.2, 0) is 6.42 Å². The number of benzene rings is 1. The van der Waals surface area contributed by atoms with E-state index in [9.17, 15) is 8.78 Å². The van der Waals surface area contributed by atoms with Crippen molar-refractivity contribution >= 4 is 0 Å². The van der Waals surface area contributed by atoms with Gasteiger partial charge in [0.2, 0.25) is 0 Å². The maximum atomic E-state index is 13.5. The minimum absolute atomic E-state index is 0.308. The van der Waals surface area contributed by atoms with E-state index >= 15 is 0 Å². The number of hydrogen-bond acceptors (Lipinski definition) is 1. The van der Waals surface area contributed by atoms with Gasteiger partial charge in [0, 0.05) is 6.04 Å². The Bertz CT molecular complexity index is 366. The summed E-state index contributed by atoms with van der Waals surface area (Å²) in [5.74, 6) is -0.339. The van der Waals surface area contributed by atoms with Crippen LogP contribution in [-0.4, -0.2) is 12.6 Å². The third-order valence-corrected chi connectivity index (χ3v) is 3.07. The van der Waals surface area contributed by atoms with Gasteiger partial charge in [-0.15, -0.1) is 0 Å². The summed E-state index contributed by atoms with van der Waals surface area (Å²) >= 11 is 0. The van der Waals surface area contributed by atoms with Crippen LogP contribution in [0.5, 0.6) is 0 Å². The Morgan fingerprint density at radius 3 is 2.61 bits per heavy atom. The molecule has 1 rings (SSSR count). The molecule has 0 aliphatic rings. The quantitative estimate of drug-likeness (QED) is 0.778. The zero-order valence-electron chi connectivity index (χ0n) is 11.5. The van der Waals surface area contributed by atoms with E-state index in [-0.39, 0.29) is 11.6 Å². The Hall–Kier alpha value is -0.960. The van der Waals surface area contributed by atoms with Gasteiger partial charge in [-0.05, 0) is 62.4 Å². The van der Waals surface area contributed by atoms with Crippen LogP contribution in [0.1, 0.15) is 39.2 Å². The molecule has 1 nitrogen and oxygen atoms in total. The Labute approximate surface area is 109 Å². The highest BCUT2D eigenvalue weighted by atomic mass is 19.1. The molecule has 2 unspecified atom stereocenters. The second kappa shape index (κ2) is 7.47. The van der Waals surface area contributed by atoms with Gasteiger partial charge in [0.15, 0.2) is 0 Å². The molecule has 1 aromatic rings. The molecule has 0 saturated carbocycles. The first-order valence-electron chi connectivity index (χ1n) is 6.70. The van der Waals surface area contributed by atoms with Crippen LogP contribution in [0.3, 0.4) is 0 Å². The molecule has 0 aliphatic carbocycles. The van der Waals surface area contributed by atoms with E-state index in [0.29, 0.717) is 23.9 Å². The first-order chi connectivity index (χ1) is 8.52. The highest BCUT2D eigenvalue weighted by Gasteiger charge is 2.12. The minimum Gasteiger partial charge on any atom is -0.314 e. The van der Waals surface area contributed by atoms with E-state index < -0.39 is 0 Å². The second-order valence-electron chi connectivity index (χ2n) is 5.14. The van der Waals surface area contributed by atoms with Crippen molar-refractivity contribution in [2.24, 2.45) is 5.92 Å². The molecule has 0 aliphatic heterocycles. The molecule has 1 N–H and O–H groups in total. The Balaban J connectivity index is 2.48. The predicted molar refractivity (Wildman–Crippen MR) is 71.6 cm³/mol. The second-order valence-corrected chi connectivity index (χ2v) is 5.14. The topological polar surface area (TPSA) is 12.0 Å². The molecule has 3 heteroatoms. The smallest absolute Gasteiger partial charge is 0.126 e. The highest BCUT2D eigenvalue weighted by Crippen LogP contribution is 2.17. The molecule has 0 bridgehead atoms. The van der Waals surface area contributed by atoms with Crippen molar-refractivity contribution < 1.29 is 8.78 Å². The van der Waals surface area contributed by atoms with Crippen molar-refractivity contribution in [3.8, 4) is 0 Å². The van der Waals surface area contributed by atoms with E-state index in [1.54, 1.807) is 0 Å². The lowest BCUT2D eigenvalue weighted by Gasteiger charge is -2.18. The predicted octanol–water partition coefficient (Wildman–Crippen LogP) is 3.92. The molecule has 1 aromatic carbocycles. The van der Waals surface area contributed by atoms with Gasteiger partial charge in [0.25, 0.3) is 0 Å². The third kappa shape index (κ3) is 5.13. The Morgan fingerprint density at radius 2 is 1.94 bits per heavy atom. The zero-order chi connectivity index (χ0) is 13.5. The summed E-state index contributed by atoms with van der Waals surface area (Å²) in [5, 5.41) is 3.41. The summed E-state index contributed by atoms with van der Waals surface area (Å²) in [6.45, 7) is 7.34. The number of nitrogens with one attached hydrogen (secondary N) is 1. The van der Waals surface area contributed by atoms with Crippen LogP contribution < -0.4 is 5.32 Å². The van der Waals surface area contributed by atoms with E-state index in [1.807, 2.05) is 0 Å². The number of rotatable bonds is 7. The summed E-state index contributed by atoms with van der Waals surface area (Å²) in [4.78, 5) is 0. The maximum Gasteiger partial charge on any atom is 0.126 e. The van der Waals surface area contributed by atoms with E-state index in [4.69, 9.17) is 0 Å². The average Bonchev–Trinajstić information content (AvgIpc) is 2.31. The molecule has 0 amide bonds. The largest absolute Gasteiger partial charge is 0.314 e. The molecule has 0 saturated heterocycles. The van der Waals surface area contributed by atoms with Gasteiger partial charge in [-0.3, -0.25) is 0 Å². The van der Waals surface area contributed by atoms with Crippen molar-refractivity contribution in [2.75, 3.05) is 6.54 Å². The molecule has 2 atom stereocenters. The SMILES string of the molecule is CCCNC(C)CC(C)Cc1cc(F)ccc1F. The molecule has 0 heterocycles. The fourth-order valence-corrected chi connectivity index (χ4v) is 2.24. The van der Waals surface area contributed by atoms with Crippen molar-refractivity contribution in [1.29, 1.82) is 0 Å². The molecule has 0 fully saturated rings. The molecule has 18 heavy (non-hydrogen) atoms. The van der Waals surface area contributed by atoms with Crippen LogP contribution in [0.25, 0.3) is 0 Å². The van der Waals surface area contributed by atoms with Crippen molar-refractivity contribution in [3.63, 3.8) is 0 Å². The lowest BCUT2D eigenvalue weighted by Crippen LogP contribution is -2.28. The monoisotopic (exact) mass is 255 g/mol. The molecule has 0 radical (unpaired) electrons. The summed E-state index contributed by atoms with van der Waals surface area (Å²) < 4.78 is 26.5. The molecule has 0 spiro atoms. The van der Waals surface area contributed by atoms with Gasteiger partial charge < -0.3 is 5.32 Å². The van der Waals surface area contributed by atoms with Gasteiger partial charge >= 0.3 is 0 Å². The van der Waals surface area contributed by atoms with E-state index in [0.717, 1.165) is 25.5 Å². The molecular weight excluding hydrogens is 232 g/mol. The Morgan fingerprint density at radius 1 is 1.22 bits per heavy atom. The van der Waals surface area contributed by atoms with Gasteiger partial charge in [-0.25, -0.2) is 8.78 Å². The van der Waals surface area contributed by atoms with Crippen LogP contribution in [0.4, 0.5) is 8.78 Å². The fourth-order valence-electron chi connectivity index (χ4n) is 2.24. The standard InChI is InChI=1S/C15H23F2N/c1-4-7-18-12(3)8-11(2)9-13-10-14(16)5-6-15(13)17/h5-6,10-12,18H,4,7-9H2,1-3H3. The lowest BCUT2D eigenvalue weighted by atomic mass is 9.94. The first kappa shape index (κ1) is 15.1. The summed E-state index contributed by atoms with van der Waals surface area (Å²) in [5.41, 5.74) is 0.477. The van der Waals surface area contributed by atoms with Crippen LogP contribution >= 0.6 is 0 Å². The number of hydrogen-bond donors (Lipinski definition) is 1. The lowest BCUT2D eigenvalue weighted by molar-refractivity contribution is 0.414. The van der Waals surface area contributed by atoms with Crippen molar-refractivity contribution in [3.05, 3.63) is 35.4 Å². The van der Waals surface area contributed by atoms with Gasteiger partial charge in [0.05, 0.1) is 0 Å². The number of halogens is 2. The summed E-state index contributed by atoms with van der Waals surface area (Å²) in [7, 11) is 0. The summed E-state index contributed by atoms with van der Waals surface area (Å²) in [6.07, 6.45) is 2.66. The van der Waals surface area contributed by atoms with Gasteiger partial charge in [-0.1, -0.05) is 13.8 Å². The maximum absolute atomic E-state index is 13.5. The highest BCUT2D eigenvalue weighted by molar-refractivity contribution is 5.19. The van der Waals surface area contributed by atoms with Crippen molar-refractivity contribution in [2.45, 2.75) is 46.1 Å². The average molecular weight is 255 g/mol. The first-order valence-corrected chi connectivity index (χ1v) is 6.70. The van der Waals surface area contributed by atoms with Crippen molar-refractivity contribution in [1.82, 2.24) is 5.32 Å². The van der Waals surface area contributed by atoms with Crippen LogP contribution in [0.2, 0.25) is 0 Å². The fraction of sp³-hybridized carbons (Fsp3) is 0.600. The van der Waals surface area contributed by atoms with Gasteiger partial charge in [-0.2, -0.15) is 0 Å². The minimum atomic E-state index is -0.365. The van der Waals surface area contributed by atoms with Gasteiger partial charge in [0.1, 0.15) is 11.6 Å². The van der Waals surface area contributed by atoms with Crippen LogP contribution in [0, 0.1) is 17.6 Å². The third-order valence-electron chi connectivity index (χ3n) is 3.07. The zero-order valence-corrected chi connectivity index (χ0v) is 11.5. The van der Waals surface area contributed by atoms with E-state index in [1.165, 1.54) is 12.1 Å². The van der Waals surface area contributed by atoms with E-state index in [2.05, 4.69) is 26.1 Å². The summed E-state index contributed by atoms with van der Waals surface area (Å²) in [6, 6.07) is 4.08.